The number of anilines is 1. The van der Waals surface area contributed by atoms with Gasteiger partial charge in [0, 0.05) is 53.5 Å². The molecule has 7 heteroatoms. The molecule has 0 fully saturated rings. The van der Waals surface area contributed by atoms with E-state index in [2.05, 4.69) is 68.5 Å². The number of benzene rings is 2. The molecule has 2 heterocycles. The Morgan fingerprint density at radius 3 is 2.38 bits per heavy atom. The first kappa shape index (κ1) is 28.7. The Kier molecular flexibility index (Phi) is 7.88. The van der Waals surface area contributed by atoms with Crippen molar-refractivity contribution in [3.63, 3.8) is 0 Å². The molecule has 1 N–H and O–H groups in total. The van der Waals surface area contributed by atoms with Crippen LogP contribution in [0, 0.1) is 0 Å². The van der Waals surface area contributed by atoms with E-state index in [0.717, 1.165) is 33.9 Å². The van der Waals surface area contributed by atoms with Crippen LogP contribution in [0.5, 0.6) is 0 Å². The highest BCUT2D eigenvalue weighted by Crippen LogP contribution is 2.47. The number of likely N-dealkylation sites (N-methyl/N-ethyl adjacent to an activating group) is 1. The van der Waals surface area contributed by atoms with Crippen LogP contribution in [0.3, 0.4) is 0 Å². The molecule has 6 nitrogen and oxygen atoms in total. The number of ketones is 1. The monoisotopic (exact) mass is 547 g/mol. The number of Topliss-reactive ketones (excluding diaryl/α,β-unsaturated/α-hetero) is 1. The lowest BCUT2D eigenvalue weighted by atomic mass is 9.81. The standard InChI is InChI=1S/C32H38N2O4S/c1-23(35)24-18-19-27-26(22-24)32(4,5)29(33(27)6)16-8-7-9-17-30-31(2,3)25-14-10-11-15-28(25)34(30)20-12-13-21-39(36,37)38/h7-11,14-19,22H,12-13,20-21H2,1-6H3/p+1. The number of para-hydroxylation sites is 1. The number of hydrogen-bond acceptors (Lipinski definition) is 4. The van der Waals surface area contributed by atoms with E-state index in [9.17, 15) is 13.2 Å². The quantitative estimate of drug-likeness (QED) is 0.130. The molecule has 0 saturated heterocycles. The number of carbonyl (C=O) groups is 1. The maximum Gasteiger partial charge on any atom is 0.264 e. The predicted molar refractivity (Wildman–Crippen MR) is 159 cm³/mol. The molecule has 0 bridgehead atoms. The molecule has 206 valence electrons. The van der Waals surface area contributed by atoms with E-state index in [-0.39, 0.29) is 22.4 Å². The Morgan fingerprint density at radius 2 is 1.69 bits per heavy atom. The number of nitrogens with zero attached hydrogens (tertiary/aromatic N) is 2. The number of unbranched alkanes of at least 4 members (excludes halogenated alkanes) is 1. The molecule has 4 rings (SSSR count). The van der Waals surface area contributed by atoms with Crippen LogP contribution in [0.2, 0.25) is 0 Å². The van der Waals surface area contributed by atoms with Gasteiger partial charge < -0.3 is 4.90 Å². The van der Waals surface area contributed by atoms with Gasteiger partial charge in [-0.1, -0.05) is 50.3 Å². The van der Waals surface area contributed by atoms with Gasteiger partial charge in [0.1, 0.15) is 6.54 Å². The Labute approximate surface area is 232 Å². The summed E-state index contributed by atoms with van der Waals surface area (Å²) < 4.78 is 33.7. The number of fused-ring (bicyclic) bond motifs is 2. The fourth-order valence-electron chi connectivity index (χ4n) is 5.85. The molecular formula is C32H39N2O4S+. The first-order chi connectivity index (χ1) is 18.2. The lowest BCUT2D eigenvalue weighted by Gasteiger charge is -2.23. The van der Waals surface area contributed by atoms with Crippen molar-refractivity contribution in [2.75, 3.05) is 24.2 Å². The van der Waals surface area contributed by atoms with Crippen LogP contribution in [-0.4, -0.2) is 48.4 Å². The van der Waals surface area contributed by atoms with Gasteiger partial charge in [-0.05, 0) is 57.0 Å². The summed E-state index contributed by atoms with van der Waals surface area (Å²) >= 11 is 0. The van der Waals surface area contributed by atoms with Gasteiger partial charge in [-0.15, -0.1) is 0 Å². The van der Waals surface area contributed by atoms with Crippen molar-refractivity contribution in [3.05, 3.63) is 95.2 Å². The Bertz CT molecular complexity index is 1520. The average molecular weight is 548 g/mol. The molecule has 0 aliphatic carbocycles. The molecule has 0 saturated carbocycles. The van der Waals surface area contributed by atoms with Gasteiger partial charge in [-0.2, -0.15) is 13.0 Å². The fraction of sp³-hybridized carbons (Fsp3) is 0.375. The highest BCUT2D eigenvalue weighted by Gasteiger charge is 2.43. The van der Waals surface area contributed by atoms with Crippen molar-refractivity contribution in [3.8, 4) is 0 Å². The number of hydrogen-bond donors (Lipinski definition) is 1. The van der Waals surface area contributed by atoms with Gasteiger partial charge in [0.25, 0.3) is 10.1 Å². The maximum atomic E-state index is 11.9. The van der Waals surface area contributed by atoms with E-state index in [1.54, 1.807) is 6.92 Å². The molecule has 0 radical (unpaired) electrons. The third-order valence-electron chi connectivity index (χ3n) is 8.00. The minimum absolute atomic E-state index is 0.0701. The summed E-state index contributed by atoms with van der Waals surface area (Å²) in [5, 5.41) is 0. The van der Waals surface area contributed by atoms with Crippen LogP contribution >= 0.6 is 0 Å². The van der Waals surface area contributed by atoms with E-state index >= 15 is 0 Å². The van der Waals surface area contributed by atoms with Gasteiger partial charge in [-0.25, -0.2) is 0 Å². The number of carbonyl (C=O) groups excluding carboxylic acids is 1. The second-order valence-corrected chi connectivity index (χ2v) is 13.0. The third kappa shape index (κ3) is 5.70. The molecule has 0 amide bonds. The molecule has 2 aliphatic rings. The molecule has 39 heavy (non-hydrogen) atoms. The molecular weight excluding hydrogens is 508 g/mol. The number of allylic oxidation sites excluding steroid dienone is 6. The summed E-state index contributed by atoms with van der Waals surface area (Å²) in [5.41, 5.74) is 7.25. The summed E-state index contributed by atoms with van der Waals surface area (Å²) in [4.78, 5) is 14.1. The summed E-state index contributed by atoms with van der Waals surface area (Å²) in [6.45, 7) is 11.0. The Balaban J connectivity index is 1.57. The van der Waals surface area contributed by atoms with Crippen LogP contribution in [0.1, 0.15) is 68.9 Å². The zero-order chi connectivity index (χ0) is 28.6. The zero-order valence-corrected chi connectivity index (χ0v) is 24.5. The van der Waals surface area contributed by atoms with Gasteiger partial charge in [0.2, 0.25) is 5.69 Å². The van der Waals surface area contributed by atoms with Gasteiger partial charge in [0.15, 0.2) is 11.5 Å². The lowest BCUT2D eigenvalue weighted by molar-refractivity contribution is -0.438. The summed E-state index contributed by atoms with van der Waals surface area (Å²) in [5.74, 6) is -0.153. The summed E-state index contributed by atoms with van der Waals surface area (Å²) in [6.07, 6.45) is 11.4. The Morgan fingerprint density at radius 1 is 0.974 bits per heavy atom. The van der Waals surface area contributed by atoms with E-state index in [1.165, 1.54) is 5.56 Å². The van der Waals surface area contributed by atoms with Gasteiger partial charge >= 0.3 is 0 Å². The second-order valence-electron chi connectivity index (χ2n) is 11.4. The second kappa shape index (κ2) is 10.7. The van der Waals surface area contributed by atoms with Crippen molar-refractivity contribution in [1.29, 1.82) is 0 Å². The largest absolute Gasteiger partial charge is 0.347 e. The third-order valence-corrected chi connectivity index (χ3v) is 8.81. The molecule has 2 aliphatic heterocycles. The van der Waals surface area contributed by atoms with Crippen LogP contribution in [0.15, 0.2) is 78.5 Å². The topological polar surface area (TPSA) is 77.7 Å². The minimum Gasteiger partial charge on any atom is -0.347 e. The number of rotatable bonds is 9. The molecule has 0 atom stereocenters. The first-order valence-corrected chi connectivity index (χ1v) is 15.0. The summed E-state index contributed by atoms with van der Waals surface area (Å²) in [6, 6.07) is 14.3. The van der Waals surface area contributed by atoms with Crippen LogP contribution < -0.4 is 4.90 Å². The minimum atomic E-state index is -3.95. The van der Waals surface area contributed by atoms with Gasteiger partial charge in [0.05, 0.1) is 11.2 Å². The first-order valence-electron chi connectivity index (χ1n) is 13.4. The average Bonchev–Trinajstić information content (AvgIpc) is 3.19. The summed E-state index contributed by atoms with van der Waals surface area (Å²) in [7, 11) is -1.89. The molecule has 2 aromatic carbocycles. The Hall–Kier alpha value is -3.29. The van der Waals surface area contributed by atoms with E-state index < -0.39 is 10.1 Å². The van der Waals surface area contributed by atoms with Crippen LogP contribution in [-0.2, 0) is 20.9 Å². The lowest BCUT2D eigenvalue weighted by Crippen LogP contribution is -2.28. The highest BCUT2D eigenvalue weighted by atomic mass is 32.2. The molecule has 0 spiro atoms. The molecule has 0 unspecified atom stereocenters. The maximum absolute atomic E-state index is 11.9. The van der Waals surface area contributed by atoms with Gasteiger partial charge in [-0.3, -0.25) is 9.35 Å². The highest BCUT2D eigenvalue weighted by molar-refractivity contribution is 7.85. The fourth-order valence-corrected chi connectivity index (χ4v) is 6.42. The van der Waals surface area contributed by atoms with E-state index in [1.807, 2.05) is 48.6 Å². The normalized spacial score (nSPS) is 18.9. The van der Waals surface area contributed by atoms with Crippen molar-refractivity contribution >= 4 is 33.0 Å². The smallest absolute Gasteiger partial charge is 0.264 e. The van der Waals surface area contributed by atoms with Crippen molar-refractivity contribution in [2.24, 2.45) is 0 Å². The van der Waals surface area contributed by atoms with E-state index in [0.29, 0.717) is 19.4 Å². The predicted octanol–water partition coefficient (Wildman–Crippen LogP) is 6.36. The SMILES string of the molecule is CC(=O)c1ccc2c(c1)C(C)(C)/C(=C/C=C/C=C/C1=[N+](CCCCS(=O)(=O)O)c3ccccc3C1(C)C)N2C. The van der Waals surface area contributed by atoms with E-state index in [4.69, 9.17) is 4.55 Å². The van der Waals surface area contributed by atoms with Crippen LogP contribution in [0.4, 0.5) is 11.4 Å². The molecule has 2 aromatic rings. The van der Waals surface area contributed by atoms with Crippen molar-refractivity contribution in [2.45, 2.75) is 58.3 Å². The van der Waals surface area contributed by atoms with Crippen molar-refractivity contribution in [1.82, 2.24) is 0 Å². The van der Waals surface area contributed by atoms with Crippen molar-refractivity contribution < 1.29 is 22.3 Å². The molecule has 0 aromatic heterocycles. The zero-order valence-electron chi connectivity index (χ0n) is 23.7. The van der Waals surface area contributed by atoms with Crippen LogP contribution in [0.25, 0.3) is 0 Å².